The molecule has 2 N–H and O–H groups in total. The molecular weight excluding hydrogens is 356 g/mol. The number of aromatic amines is 1. The van der Waals surface area contributed by atoms with Gasteiger partial charge in [0.2, 0.25) is 5.78 Å². The number of carbonyl (C=O) groups excluding carboxylic acids is 2. The predicted octanol–water partition coefficient (Wildman–Crippen LogP) is 4.15. The molecule has 7 heteroatoms. The highest BCUT2D eigenvalue weighted by Gasteiger charge is 2.25. The van der Waals surface area contributed by atoms with E-state index >= 15 is 0 Å². The minimum absolute atomic E-state index is 0.159. The number of hydrogen-bond donors (Lipinski definition) is 2. The molecule has 0 bridgehead atoms. The highest BCUT2D eigenvalue weighted by atomic mass is 35.5. The molecular formula is C19H23ClN2O4. The summed E-state index contributed by atoms with van der Waals surface area (Å²) >= 11 is 6.12. The molecule has 0 aliphatic heterocycles. The molecule has 140 valence electrons. The second kappa shape index (κ2) is 8.27. The Bertz CT molecular complexity index is 829. The van der Waals surface area contributed by atoms with Crippen molar-refractivity contribution in [3.63, 3.8) is 0 Å². The number of esters is 1. The molecule has 2 rings (SSSR count). The summed E-state index contributed by atoms with van der Waals surface area (Å²) in [6.07, 6.45) is 0. The van der Waals surface area contributed by atoms with E-state index in [2.05, 4.69) is 10.3 Å². The van der Waals surface area contributed by atoms with Gasteiger partial charge < -0.3 is 19.8 Å². The monoisotopic (exact) mass is 378 g/mol. The van der Waals surface area contributed by atoms with E-state index in [1.54, 1.807) is 45.9 Å². The van der Waals surface area contributed by atoms with Crippen molar-refractivity contribution in [2.45, 2.75) is 33.7 Å². The number of aryl methyl sites for hydroxylation is 1. The van der Waals surface area contributed by atoms with Gasteiger partial charge in [-0.05, 0) is 51.5 Å². The first-order valence-corrected chi connectivity index (χ1v) is 8.68. The Morgan fingerprint density at radius 1 is 1.31 bits per heavy atom. The Hall–Kier alpha value is -2.47. The van der Waals surface area contributed by atoms with Gasteiger partial charge in [0, 0.05) is 11.4 Å². The van der Waals surface area contributed by atoms with Crippen LogP contribution >= 0.6 is 11.6 Å². The van der Waals surface area contributed by atoms with E-state index in [0.29, 0.717) is 39.0 Å². The fourth-order valence-electron chi connectivity index (χ4n) is 2.79. The van der Waals surface area contributed by atoms with Crippen molar-refractivity contribution >= 4 is 29.0 Å². The number of ketones is 1. The summed E-state index contributed by atoms with van der Waals surface area (Å²) in [6, 6.07) is 4.68. The van der Waals surface area contributed by atoms with Gasteiger partial charge in [-0.15, -0.1) is 0 Å². The van der Waals surface area contributed by atoms with E-state index < -0.39 is 12.0 Å². The minimum atomic E-state index is -0.522. The Kier molecular flexibility index (Phi) is 6.32. The van der Waals surface area contributed by atoms with Crippen LogP contribution in [0.3, 0.4) is 0 Å². The van der Waals surface area contributed by atoms with Gasteiger partial charge in [-0.1, -0.05) is 11.6 Å². The number of nitrogens with one attached hydrogen (secondary N) is 2. The number of benzene rings is 1. The van der Waals surface area contributed by atoms with Gasteiger partial charge >= 0.3 is 5.97 Å². The molecule has 1 aromatic carbocycles. The quantitative estimate of drug-likeness (QED) is 0.558. The minimum Gasteiger partial charge on any atom is -0.495 e. The normalized spacial score (nSPS) is 11.8. The third-order valence-corrected chi connectivity index (χ3v) is 4.39. The number of halogens is 1. The molecule has 0 unspecified atom stereocenters. The Labute approximate surface area is 157 Å². The molecule has 0 saturated carbocycles. The van der Waals surface area contributed by atoms with Gasteiger partial charge in [-0.25, -0.2) is 4.79 Å². The van der Waals surface area contributed by atoms with Gasteiger partial charge in [-0.2, -0.15) is 0 Å². The molecule has 0 amide bonds. The summed E-state index contributed by atoms with van der Waals surface area (Å²) in [5, 5.41) is 3.57. The molecule has 1 aromatic heterocycles. The van der Waals surface area contributed by atoms with Gasteiger partial charge in [0.1, 0.15) is 5.75 Å². The van der Waals surface area contributed by atoms with Crippen LogP contribution in [-0.4, -0.2) is 36.5 Å². The summed E-state index contributed by atoms with van der Waals surface area (Å²) in [5.74, 6) is -0.0282. The molecule has 2 aromatic rings. The second-order valence-corrected chi connectivity index (χ2v) is 6.33. The van der Waals surface area contributed by atoms with Crippen LogP contribution in [0.1, 0.15) is 46.0 Å². The lowest BCUT2D eigenvalue weighted by Gasteiger charge is -2.15. The van der Waals surface area contributed by atoms with Crippen LogP contribution in [0.25, 0.3) is 0 Å². The number of rotatable bonds is 7. The lowest BCUT2D eigenvalue weighted by Crippen LogP contribution is -2.27. The third kappa shape index (κ3) is 4.02. The summed E-state index contributed by atoms with van der Waals surface area (Å²) in [6.45, 7) is 7.26. The lowest BCUT2D eigenvalue weighted by molar-refractivity contribution is 0.0525. The summed E-state index contributed by atoms with van der Waals surface area (Å²) in [5.41, 5.74) is 2.71. The van der Waals surface area contributed by atoms with Crippen LogP contribution in [0.5, 0.6) is 5.75 Å². The number of H-pyrrole nitrogens is 1. The highest BCUT2D eigenvalue weighted by molar-refractivity contribution is 6.32. The van der Waals surface area contributed by atoms with Crippen LogP contribution in [0.15, 0.2) is 18.2 Å². The van der Waals surface area contributed by atoms with Gasteiger partial charge in [0.25, 0.3) is 0 Å². The molecule has 0 spiro atoms. The fraction of sp³-hybridized carbons (Fsp3) is 0.368. The molecule has 1 atom stereocenters. The first-order valence-electron chi connectivity index (χ1n) is 8.30. The molecule has 0 aliphatic carbocycles. The number of aromatic nitrogens is 1. The Morgan fingerprint density at radius 3 is 2.58 bits per heavy atom. The Balaban J connectivity index is 2.22. The summed E-state index contributed by atoms with van der Waals surface area (Å²) in [7, 11) is 1.54. The lowest BCUT2D eigenvalue weighted by atomic mass is 10.0. The molecule has 6 nitrogen and oxygen atoms in total. The van der Waals surface area contributed by atoms with Crippen LogP contribution in [0.2, 0.25) is 5.02 Å². The van der Waals surface area contributed by atoms with Crippen molar-refractivity contribution in [2.75, 3.05) is 19.0 Å². The van der Waals surface area contributed by atoms with Crippen molar-refractivity contribution in [3.05, 3.63) is 45.7 Å². The maximum absolute atomic E-state index is 12.8. The standard InChI is InChI=1S/C19H23ClN2O4/c1-6-26-19(24)16-10(2)17(22-11(16)3)18(23)12(4)21-13-7-8-15(25-5)14(20)9-13/h7-9,12,21-22H,6H2,1-5H3/t12-/m1/s1. The van der Waals surface area contributed by atoms with E-state index in [9.17, 15) is 9.59 Å². The van der Waals surface area contributed by atoms with E-state index in [1.165, 1.54) is 7.11 Å². The highest BCUT2D eigenvalue weighted by Crippen LogP contribution is 2.28. The van der Waals surface area contributed by atoms with E-state index in [1.807, 2.05) is 0 Å². The number of anilines is 1. The maximum atomic E-state index is 12.8. The Morgan fingerprint density at radius 2 is 2.00 bits per heavy atom. The van der Waals surface area contributed by atoms with E-state index in [0.717, 1.165) is 0 Å². The molecule has 26 heavy (non-hydrogen) atoms. The van der Waals surface area contributed by atoms with Crippen LogP contribution in [0.4, 0.5) is 5.69 Å². The summed E-state index contributed by atoms with van der Waals surface area (Å²) in [4.78, 5) is 27.9. The first kappa shape index (κ1) is 19.8. The van der Waals surface area contributed by atoms with Crippen LogP contribution < -0.4 is 10.1 Å². The maximum Gasteiger partial charge on any atom is 0.340 e. The van der Waals surface area contributed by atoms with Crippen molar-refractivity contribution < 1.29 is 19.1 Å². The fourth-order valence-corrected chi connectivity index (χ4v) is 3.05. The topological polar surface area (TPSA) is 80.4 Å². The zero-order valence-corrected chi connectivity index (χ0v) is 16.3. The first-order chi connectivity index (χ1) is 12.3. The molecule has 1 heterocycles. The third-order valence-electron chi connectivity index (χ3n) is 4.09. The SMILES string of the molecule is CCOC(=O)c1c(C)[nH]c(C(=O)[C@@H](C)Nc2ccc(OC)c(Cl)c2)c1C. The van der Waals surface area contributed by atoms with Crippen molar-refractivity contribution in [2.24, 2.45) is 0 Å². The number of ether oxygens (including phenoxy) is 2. The average molecular weight is 379 g/mol. The molecule has 0 saturated heterocycles. The zero-order chi connectivity index (χ0) is 19.4. The number of Topliss-reactive ketones (excluding diaryl/α,β-unsaturated/α-hetero) is 1. The summed E-state index contributed by atoms with van der Waals surface area (Å²) < 4.78 is 10.2. The molecule has 0 fully saturated rings. The van der Waals surface area contributed by atoms with Gasteiger partial charge in [0.05, 0.1) is 36.0 Å². The van der Waals surface area contributed by atoms with Gasteiger partial charge in [0.15, 0.2) is 0 Å². The van der Waals surface area contributed by atoms with Crippen LogP contribution in [-0.2, 0) is 4.74 Å². The molecule has 0 radical (unpaired) electrons. The van der Waals surface area contributed by atoms with E-state index in [4.69, 9.17) is 21.1 Å². The number of hydrogen-bond acceptors (Lipinski definition) is 5. The predicted molar refractivity (Wildman–Crippen MR) is 102 cm³/mol. The zero-order valence-electron chi connectivity index (χ0n) is 15.5. The average Bonchev–Trinajstić information content (AvgIpc) is 2.89. The second-order valence-electron chi connectivity index (χ2n) is 5.93. The van der Waals surface area contributed by atoms with Crippen molar-refractivity contribution in [1.82, 2.24) is 4.98 Å². The van der Waals surface area contributed by atoms with Crippen molar-refractivity contribution in [3.8, 4) is 5.75 Å². The van der Waals surface area contributed by atoms with Gasteiger partial charge in [-0.3, -0.25) is 4.79 Å². The molecule has 0 aliphatic rings. The smallest absolute Gasteiger partial charge is 0.340 e. The van der Waals surface area contributed by atoms with E-state index in [-0.39, 0.29) is 12.4 Å². The van der Waals surface area contributed by atoms with Crippen LogP contribution in [0, 0.1) is 13.8 Å². The largest absolute Gasteiger partial charge is 0.495 e. The number of methoxy groups -OCH3 is 1. The number of carbonyl (C=O) groups is 2. The van der Waals surface area contributed by atoms with Crippen molar-refractivity contribution in [1.29, 1.82) is 0 Å².